The molecule has 3 aromatic rings. The fourth-order valence-electron chi connectivity index (χ4n) is 8.82. The monoisotopic (exact) mass is 1150 g/mol. The molecule has 0 amide bonds. The number of azide groups is 1. The number of hydrogen-bond acceptors (Lipinski definition) is 19. The molecule has 4 heterocycles. The molecule has 2 aliphatic rings. The molecule has 0 aliphatic carbocycles. The second kappa shape index (κ2) is 30.8. The van der Waals surface area contributed by atoms with E-state index < -0.39 is 112 Å². The first kappa shape index (κ1) is 65.9. The van der Waals surface area contributed by atoms with Gasteiger partial charge in [0.2, 0.25) is 6.54 Å². The van der Waals surface area contributed by atoms with Crippen LogP contribution in [0.4, 0.5) is 0 Å². The number of esters is 1. The molecule has 29 heteroatoms. The molecule has 78 heavy (non-hydrogen) atoms. The summed E-state index contributed by atoms with van der Waals surface area (Å²) in [7, 11) is -2.19. The van der Waals surface area contributed by atoms with Crippen LogP contribution in [0.25, 0.3) is 15.3 Å². The largest absolute Gasteiger partial charge is 0.453 e. The van der Waals surface area contributed by atoms with Crippen molar-refractivity contribution in [2.75, 3.05) is 99.8 Å². The molecular formula is C49H77N10O16P3. The summed E-state index contributed by atoms with van der Waals surface area (Å²) < 4.78 is 84.4. The smallest absolute Gasteiger partial charge is 0.338 e. The highest BCUT2D eigenvalue weighted by Gasteiger charge is 2.54. The summed E-state index contributed by atoms with van der Waals surface area (Å²) in [6.45, 7) is 26.0. The molecule has 3 unspecified atom stereocenters. The number of hydrogen-bond donors (Lipinski definition) is 3. The van der Waals surface area contributed by atoms with E-state index in [4.69, 9.17) is 48.8 Å². The van der Waals surface area contributed by atoms with Crippen LogP contribution in [0.2, 0.25) is 0 Å². The highest BCUT2D eigenvalue weighted by molar-refractivity contribution is 7.62. The van der Waals surface area contributed by atoms with Gasteiger partial charge in [-0.2, -0.15) is 0 Å². The van der Waals surface area contributed by atoms with Gasteiger partial charge in [0, 0.05) is 73.1 Å². The predicted octanol–water partition coefficient (Wildman–Crippen LogP) is 4.95. The van der Waals surface area contributed by atoms with Gasteiger partial charge < -0.3 is 61.5 Å². The second-order valence-corrected chi connectivity index (χ2v) is 28.5. The number of ether oxygens (including phenoxy) is 7. The van der Waals surface area contributed by atoms with E-state index in [9.17, 15) is 38.6 Å². The van der Waals surface area contributed by atoms with Gasteiger partial charge in [-0.3, -0.25) is 28.7 Å². The van der Waals surface area contributed by atoms with Crippen molar-refractivity contribution in [2.45, 2.75) is 115 Å². The summed E-state index contributed by atoms with van der Waals surface area (Å²) in [5.41, 5.74) is 7.59. The summed E-state index contributed by atoms with van der Waals surface area (Å²) in [5.74, 6) is -0.693. The lowest BCUT2D eigenvalue weighted by molar-refractivity contribution is -0.0823. The fourth-order valence-corrected chi connectivity index (χ4v) is 13.1. The second-order valence-electron chi connectivity index (χ2n) is 20.1. The molecule has 0 radical (unpaired) electrons. The molecule has 0 bridgehead atoms. The van der Waals surface area contributed by atoms with Crippen molar-refractivity contribution in [3.8, 4) is 0 Å². The van der Waals surface area contributed by atoms with Gasteiger partial charge in [0.25, 0.3) is 19.6 Å². The molecule has 434 valence electrons. The predicted molar refractivity (Wildman–Crippen MR) is 295 cm³/mol. The summed E-state index contributed by atoms with van der Waals surface area (Å²) in [6.07, 6.45) is -4.80. The molecule has 5 rings (SSSR count). The van der Waals surface area contributed by atoms with Gasteiger partial charge >= 0.3 is 17.3 Å². The minimum atomic E-state index is -2.75. The number of benzene rings is 1. The standard InChI is InChI=1S/C26H47N5O8P2.C23H30N5O8P/c1-17(2)31(18(3)4)40(37-12-11-27-6)39-22-21(20(28-7)16-41(9,10)34)38-25(23(22)36-14-13-35-8)30-15-19(5)24(32)29-26(30)33;1-14-12-28(23(31)25-20(14)29)21-19(34-11-10-33-2)18(36-22(30)15-8-6-5-7-9-15)17(35-21)16(26-27-24)13-37(3,4)32/h15,17-18,20-23,25,28H,11-14,16H2,1-5,7-10H3,(H,29,32,33);5-9,12,16-19,21H,10-11,13H2,1-4H3,(H,25,29,31)/t20?,21-,22-,23-,25-,40?;16?,17-,18-,19-,21-/m11/s1. The van der Waals surface area contributed by atoms with Crippen LogP contribution in [0.1, 0.15) is 61.6 Å². The number of H-pyrrole nitrogens is 2. The third-order valence-electron chi connectivity index (χ3n) is 12.2. The fraction of sp³-hybridized carbons (Fsp3) is 0.673. The number of carbonyl (C=O) groups excluding carboxylic acids is 1. The van der Waals surface area contributed by atoms with Crippen LogP contribution in [0, 0.1) is 20.4 Å². The van der Waals surface area contributed by atoms with Crippen molar-refractivity contribution in [1.82, 2.24) is 29.1 Å². The Morgan fingerprint density at radius 3 is 1.74 bits per heavy atom. The van der Waals surface area contributed by atoms with Crippen LogP contribution in [-0.4, -0.2) is 190 Å². The van der Waals surface area contributed by atoms with Crippen LogP contribution in [0.5, 0.6) is 0 Å². The highest BCUT2D eigenvalue weighted by atomic mass is 31.2. The Bertz CT molecular complexity index is 2840. The van der Waals surface area contributed by atoms with Crippen molar-refractivity contribution in [3.05, 3.63) is 123 Å². The molecule has 2 aliphatic heterocycles. The Kier molecular flexibility index (Phi) is 26.0. The molecule has 1 aromatic carbocycles. The number of aromatic amines is 2. The Morgan fingerprint density at radius 1 is 0.795 bits per heavy atom. The van der Waals surface area contributed by atoms with Gasteiger partial charge in [-0.25, -0.2) is 25.6 Å². The Hall–Kier alpha value is -4.66. The van der Waals surface area contributed by atoms with Crippen LogP contribution in [0.3, 0.4) is 0 Å². The molecule has 2 saturated heterocycles. The summed E-state index contributed by atoms with van der Waals surface area (Å²) in [6, 6.07) is 6.88. The number of carbonyl (C=O) groups is 1. The van der Waals surface area contributed by atoms with Crippen LogP contribution >= 0.6 is 22.8 Å². The van der Waals surface area contributed by atoms with E-state index in [1.54, 1.807) is 64.7 Å². The molecule has 26 nitrogen and oxygen atoms in total. The molecule has 2 fully saturated rings. The molecule has 0 spiro atoms. The van der Waals surface area contributed by atoms with E-state index >= 15 is 0 Å². The number of aromatic nitrogens is 4. The zero-order valence-electron chi connectivity index (χ0n) is 46.6. The molecule has 11 atom stereocenters. The Labute approximate surface area is 455 Å². The third kappa shape index (κ3) is 18.7. The number of nitrogens with zero attached hydrogens (tertiary/aromatic N) is 7. The van der Waals surface area contributed by atoms with Gasteiger partial charge in [0.05, 0.1) is 52.3 Å². The lowest BCUT2D eigenvalue weighted by atomic mass is 10.0. The topological polar surface area (TPSA) is 312 Å². The average molecular weight is 1160 g/mol. The van der Waals surface area contributed by atoms with Crippen LogP contribution in [-0.2, 0) is 51.3 Å². The molecule has 3 N–H and O–H groups in total. The maximum Gasteiger partial charge on any atom is 0.338 e. The van der Waals surface area contributed by atoms with Gasteiger partial charge in [0.15, 0.2) is 18.6 Å². The number of methoxy groups -OCH3 is 2. The number of aryl methyl sites for hydroxylation is 2. The van der Waals surface area contributed by atoms with Gasteiger partial charge in [-0.05, 0) is 92.9 Å². The minimum Gasteiger partial charge on any atom is -0.453 e. The van der Waals surface area contributed by atoms with Crippen molar-refractivity contribution >= 4 is 28.8 Å². The quantitative estimate of drug-likeness (QED) is 0.0165. The first-order valence-corrected chi connectivity index (χ1v) is 31.9. The summed E-state index contributed by atoms with van der Waals surface area (Å²) in [4.78, 5) is 73.8. The minimum absolute atomic E-state index is 0.0435. The summed E-state index contributed by atoms with van der Waals surface area (Å²) >= 11 is 0. The van der Waals surface area contributed by atoms with E-state index in [0.717, 1.165) is 4.57 Å². The SMILES string of the molecule is COCCO[C@@H]1[C@H](OC(=O)c2ccccc2)[C@@H](C(CP(C)(C)=O)N=[N+]=[N-])O[C@H]1n1cc(C)c(=O)[nH]c1=O.[C-]#[N+]CCOP(O[C@H]1[C@@H](OCCOC)[C@H](n2cc(C)c(=O)[nH]c2=O)O[C@@H]1C(CP(C)(C)=O)NC)N(C(C)C)C(C)C. The van der Waals surface area contributed by atoms with Crippen molar-refractivity contribution in [2.24, 2.45) is 5.11 Å². The number of likely N-dealkylation sites (N-methyl/N-ethyl adjacent to an activating group) is 1. The summed E-state index contributed by atoms with van der Waals surface area (Å²) in [5, 5.41) is 7.04. The normalized spacial score (nSPS) is 22.6. The maximum absolute atomic E-state index is 13.1. The van der Waals surface area contributed by atoms with Gasteiger partial charge in [-0.15, -0.1) is 0 Å². The third-order valence-corrected chi connectivity index (χ3v) is 16.9. The number of nitrogens with one attached hydrogen (secondary N) is 3. The van der Waals surface area contributed by atoms with E-state index in [2.05, 4.69) is 34.8 Å². The lowest BCUT2D eigenvalue weighted by Crippen LogP contribution is -2.49. The van der Waals surface area contributed by atoms with E-state index in [0.29, 0.717) is 11.7 Å². The Balaban J connectivity index is 0.000000338. The van der Waals surface area contributed by atoms with Gasteiger partial charge in [-0.1, -0.05) is 23.3 Å². The van der Waals surface area contributed by atoms with Crippen LogP contribution in [0.15, 0.2) is 67.0 Å². The van der Waals surface area contributed by atoms with E-state index in [1.165, 1.54) is 44.3 Å². The lowest BCUT2D eigenvalue weighted by Gasteiger charge is -2.39. The van der Waals surface area contributed by atoms with Gasteiger partial charge in [0.1, 0.15) is 37.1 Å². The average Bonchev–Trinajstić information content (AvgIpc) is 4.07. The number of rotatable bonds is 28. The molecule has 0 saturated carbocycles. The first-order chi connectivity index (χ1) is 36.8. The zero-order chi connectivity index (χ0) is 58.1. The van der Waals surface area contributed by atoms with E-state index in [1.807, 2.05) is 27.7 Å². The Morgan fingerprint density at radius 2 is 1.29 bits per heavy atom. The maximum atomic E-state index is 13.1. The van der Waals surface area contributed by atoms with Crippen molar-refractivity contribution in [1.29, 1.82) is 0 Å². The van der Waals surface area contributed by atoms with E-state index in [-0.39, 0.29) is 69.0 Å². The van der Waals surface area contributed by atoms with Crippen molar-refractivity contribution < 1.29 is 56.1 Å². The van der Waals surface area contributed by atoms with Crippen molar-refractivity contribution in [3.63, 3.8) is 0 Å². The first-order valence-electron chi connectivity index (χ1n) is 25.2. The highest BCUT2D eigenvalue weighted by Crippen LogP contribution is 2.51. The zero-order valence-corrected chi connectivity index (χ0v) is 49.3. The van der Waals surface area contributed by atoms with Crippen LogP contribution < -0.4 is 27.8 Å². The molecular weight excluding hydrogens is 1080 g/mol. The molecule has 2 aromatic heterocycles.